The van der Waals surface area contributed by atoms with Gasteiger partial charge in [0.05, 0.1) is 29.7 Å². The van der Waals surface area contributed by atoms with E-state index in [4.69, 9.17) is 9.47 Å². The van der Waals surface area contributed by atoms with E-state index in [0.717, 1.165) is 50.5 Å². The Morgan fingerprint density at radius 2 is 1.83 bits per heavy atom. The Kier molecular flexibility index (Phi) is 4.56. The number of nitrogens with zero attached hydrogens (tertiary/aromatic N) is 3. The Bertz CT molecular complexity index is 644. The van der Waals surface area contributed by atoms with Gasteiger partial charge in [0, 0.05) is 45.1 Å². The molecular formula is C19H23N3O2. The maximum absolute atomic E-state index is 6.09. The fraction of sp³-hybridized carbons (Fsp3) is 0.474. The molecule has 2 aliphatic rings. The minimum atomic E-state index is -0.0260. The first kappa shape index (κ1) is 15.7. The summed E-state index contributed by atoms with van der Waals surface area (Å²) in [5.74, 6) is 0. The SMILES string of the molecule is c1ccc(CO[C@@H]2CCOC3(C2)CN(Cc2ccccn2)C3)nc1. The van der Waals surface area contributed by atoms with Crippen LogP contribution >= 0.6 is 0 Å². The topological polar surface area (TPSA) is 47.5 Å². The van der Waals surface area contributed by atoms with Crippen LogP contribution in [-0.4, -0.2) is 46.3 Å². The second-order valence-corrected chi connectivity index (χ2v) is 6.74. The number of pyridine rings is 2. The van der Waals surface area contributed by atoms with E-state index in [2.05, 4.69) is 20.9 Å². The normalized spacial score (nSPS) is 23.1. The van der Waals surface area contributed by atoms with Crippen molar-refractivity contribution in [1.82, 2.24) is 14.9 Å². The molecule has 24 heavy (non-hydrogen) atoms. The van der Waals surface area contributed by atoms with Crippen molar-refractivity contribution >= 4 is 0 Å². The molecule has 5 nitrogen and oxygen atoms in total. The Morgan fingerprint density at radius 1 is 1.08 bits per heavy atom. The van der Waals surface area contributed by atoms with Crippen molar-refractivity contribution in [2.45, 2.75) is 37.7 Å². The van der Waals surface area contributed by atoms with Crippen LogP contribution in [-0.2, 0) is 22.6 Å². The van der Waals surface area contributed by atoms with Gasteiger partial charge in [-0.2, -0.15) is 0 Å². The first-order chi connectivity index (χ1) is 11.8. The summed E-state index contributed by atoms with van der Waals surface area (Å²) in [6.45, 7) is 4.19. The molecule has 0 radical (unpaired) electrons. The monoisotopic (exact) mass is 325 g/mol. The minimum Gasteiger partial charge on any atom is -0.372 e. The van der Waals surface area contributed by atoms with Crippen molar-refractivity contribution in [3.05, 3.63) is 60.2 Å². The summed E-state index contributed by atoms with van der Waals surface area (Å²) in [6, 6.07) is 12.0. The van der Waals surface area contributed by atoms with Gasteiger partial charge >= 0.3 is 0 Å². The molecule has 5 heteroatoms. The predicted octanol–water partition coefficient (Wildman–Crippen LogP) is 2.43. The number of likely N-dealkylation sites (tertiary alicyclic amines) is 1. The predicted molar refractivity (Wildman–Crippen MR) is 90.2 cm³/mol. The second kappa shape index (κ2) is 6.97. The van der Waals surface area contributed by atoms with E-state index in [0.29, 0.717) is 6.61 Å². The third-order valence-corrected chi connectivity index (χ3v) is 4.78. The van der Waals surface area contributed by atoms with E-state index in [-0.39, 0.29) is 11.7 Å². The minimum absolute atomic E-state index is 0.0260. The molecule has 2 saturated heterocycles. The van der Waals surface area contributed by atoms with Crippen LogP contribution in [0.15, 0.2) is 48.8 Å². The van der Waals surface area contributed by atoms with Gasteiger partial charge in [-0.15, -0.1) is 0 Å². The van der Waals surface area contributed by atoms with Crippen molar-refractivity contribution in [2.75, 3.05) is 19.7 Å². The lowest BCUT2D eigenvalue weighted by molar-refractivity contribution is -0.200. The Hall–Kier alpha value is -1.82. The average molecular weight is 325 g/mol. The quantitative estimate of drug-likeness (QED) is 0.845. The Balaban J connectivity index is 1.27. The van der Waals surface area contributed by atoms with E-state index < -0.39 is 0 Å². The van der Waals surface area contributed by atoms with Crippen LogP contribution in [0, 0.1) is 0 Å². The lowest BCUT2D eigenvalue weighted by atomic mass is 9.84. The van der Waals surface area contributed by atoms with Gasteiger partial charge in [-0.25, -0.2) is 0 Å². The highest BCUT2D eigenvalue weighted by Gasteiger charge is 2.47. The van der Waals surface area contributed by atoms with E-state index >= 15 is 0 Å². The van der Waals surface area contributed by atoms with Crippen molar-refractivity contribution in [3.8, 4) is 0 Å². The summed E-state index contributed by atoms with van der Waals surface area (Å²) in [4.78, 5) is 11.1. The summed E-state index contributed by atoms with van der Waals surface area (Å²) in [5.41, 5.74) is 2.08. The lowest BCUT2D eigenvalue weighted by Gasteiger charge is -2.53. The Labute approximate surface area is 142 Å². The zero-order chi connectivity index (χ0) is 16.2. The molecule has 4 rings (SSSR count). The van der Waals surface area contributed by atoms with Crippen LogP contribution < -0.4 is 0 Å². The summed E-state index contributed by atoms with van der Waals surface area (Å²) in [5, 5.41) is 0. The van der Waals surface area contributed by atoms with E-state index in [1.54, 1.807) is 0 Å². The molecule has 0 bridgehead atoms. The van der Waals surface area contributed by atoms with Gasteiger partial charge in [-0.05, 0) is 30.7 Å². The molecule has 2 aliphatic heterocycles. The maximum atomic E-state index is 6.09. The molecule has 2 aromatic heterocycles. The fourth-order valence-corrected chi connectivity index (χ4v) is 3.63. The molecule has 126 valence electrons. The highest BCUT2D eigenvalue weighted by atomic mass is 16.5. The maximum Gasteiger partial charge on any atom is 0.0959 e. The highest BCUT2D eigenvalue weighted by Crippen LogP contribution is 2.36. The van der Waals surface area contributed by atoms with Crippen molar-refractivity contribution < 1.29 is 9.47 Å². The molecule has 0 saturated carbocycles. The van der Waals surface area contributed by atoms with Gasteiger partial charge in [0.15, 0.2) is 0 Å². The zero-order valence-corrected chi connectivity index (χ0v) is 13.8. The molecule has 1 atom stereocenters. The molecule has 0 N–H and O–H groups in total. The van der Waals surface area contributed by atoms with Crippen LogP contribution in [0.1, 0.15) is 24.2 Å². The first-order valence-corrected chi connectivity index (χ1v) is 8.59. The Morgan fingerprint density at radius 3 is 2.54 bits per heavy atom. The molecule has 2 aromatic rings. The van der Waals surface area contributed by atoms with Gasteiger partial charge in [0.1, 0.15) is 0 Å². The number of ether oxygens (including phenoxy) is 2. The van der Waals surface area contributed by atoms with Gasteiger partial charge in [0.2, 0.25) is 0 Å². The molecule has 1 spiro atoms. The smallest absolute Gasteiger partial charge is 0.0959 e. The van der Waals surface area contributed by atoms with Crippen molar-refractivity contribution in [2.24, 2.45) is 0 Å². The van der Waals surface area contributed by atoms with Crippen molar-refractivity contribution in [1.29, 1.82) is 0 Å². The lowest BCUT2D eigenvalue weighted by Crippen LogP contribution is -2.65. The number of hydrogen-bond donors (Lipinski definition) is 0. The van der Waals surface area contributed by atoms with Crippen LogP contribution in [0.4, 0.5) is 0 Å². The molecule has 0 unspecified atom stereocenters. The van der Waals surface area contributed by atoms with Crippen LogP contribution in [0.3, 0.4) is 0 Å². The van der Waals surface area contributed by atoms with Crippen LogP contribution in [0.5, 0.6) is 0 Å². The molecule has 4 heterocycles. The molecular weight excluding hydrogens is 302 g/mol. The van der Waals surface area contributed by atoms with Gasteiger partial charge in [-0.1, -0.05) is 12.1 Å². The van der Waals surface area contributed by atoms with E-state index in [1.165, 1.54) is 0 Å². The highest BCUT2D eigenvalue weighted by molar-refractivity contribution is 5.08. The summed E-state index contributed by atoms with van der Waals surface area (Å²) in [6.07, 6.45) is 5.86. The fourth-order valence-electron chi connectivity index (χ4n) is 3.63. The first-order valence-electron chi connectivity index (χ1n) is 8.59. The molecule has 2 fully saturated rings. The van der Waals surface area contributed by atoms with E-state index in [9.17, 15) is 0 Å². The zero-order valence-electron chi connectivity index (χ0n) is 13.8. The van der Waals surface area contributed by atoms with Crippen LogP contribution in [0.25, 0.3) is 0 Å². The summed E-state index contributed by atoms with van der Waals surface area (Å²) >= 11 is 0. The number of hydrogen-bond acceptors (Lipinski definition) is 5. The largest absolute Gasteiger partial charge is 0.372 e. The van der Waals surface area contributed by atoms with E-state index in [1.807, 2.05) is 42.7 Å². The molecule has 0 amide bonds. The number of rotatable bonds is 5. The van der Waals surface area contributed by atoms with Gasteiger partial charge in [0.25, 0.3) is 0 Å². The summed E-state index contributed by atoms with van der Waals surface area (Å²) in [7, 11) is 0. The molecule has 0 aliphatic carbocycles. The molecule has 0 aromatic carbocycles. The third-order valence-electron chi connectivity index (χ3n) is 4.78. The standard InChI is InChI=1S/C19H23N3O2/c1-3-8-20-16(5-1)12-22-14-19(15-22)11-18(7-10-24-19)23-13-17-6-2-4-9-21-17/h1-6,8-9,18H,7,10-15H2/t18-/m1/s1. The van der Waals surface area contributed by atoms with Gasteiger partial charge in [-0.3, -0.25) is 14.9 Å². The van der Waals surface area contributed by atoms with Gasteiger partial charge < -0.3 is 9.47 Å². The summed E-state index contributed by atoms with van der Waals surface area (Å²) < 4.78 is 12.2. The average Bonchev–Trinajstić information content (AvgIpc) is 2.61. The van der Waals surface area contributed by atoms with Crippen LogP contribution in [0.2, 0.25) is 0 Å². The number of aromatic nitrogens is 2. The van der Waals surface area contributed by atoms with Crippen molar-refractivity contribution in [3.63, 3.8) is 0 Å². The second-order valence-electron chi connectivity index (χ2n) is 6.74. The third kappa shape index (κ3) is 3.64.